The highest BCUT2D eigenvalue weighted by Crippen LogP contribution is 2.26. The summed E-state index contributed by atoms with van der Waals surface area (Å²) in [6, 6.07) is 10.2. The molecule has 19 heavy (non-hydrogen) atoms. The van der Waals surface area contributed by atoms with Crippen molar-refractivity contribution in [2.24, 2.45) is 0 Å². The van der Waals surface area contributed by atoms with Crippen molar-refractivity contribution < 1.29 is 18.3 Å². The monoisotopic (exact) mass is 278 g/mol. The van der Waals surface area contributed by atoms with Crippen molar-refractivity contribution in [2.75, 3.05) is 7.11 Å². The Morgan fingerprint density at radius 1 is 1.00 bits per heavy atom. The third-order valence-corrected chi connectivity index (χ3v) is 4.59. The second-order valence-electron chi connectivity index (χ2n) is 4.13. The fourth-order valence-corrected chi connectivity index (χ4v) is 3.13. The lowest BCUT2D eigenvalue weighted by molar-refractivity contribution is 0.411. The van der Waals surface area contributed by atoms with E-state index in [1.54, 1.807) is 19.1 Å². The van der Waals surface area contributed by atoms with E-state index in [1.165, 1.54) is 37.4 Å². The van der Waals surface area contributed by atoms with Gasteiger partial charge in [0.05, 0.1) is 16.9 Å². The molecule has 0 atom stereocenters. The quantitative estimate of drug-likeness (QED) is 0.937. The van der Waals surface area contributed by atoms with Crippen molar-refractivity contribution in [1.29, 1.82) is 0 Å². The number of phenolic OH excluding ortho intramolecular Hbond substituents is 1. The van der Waals surface area contributed by atoms with Gasteiger partial charge < -0.3 is 9.84 Å². The van der Waals surface area contributed by atoms with Gasteiger partial charge in [-0.3, -0.25) is 0 Å². The van der Waals surface area contributed by atoms with E-state index >= 15 is 0 Å². The Bertz CT molecular complexity index is 688. The van der Waals surface area contributed by atoms with E-state index in [9.17, 15) is 13.5 Å². The number of sulfone groups is 1. The predicted octanol–water partition coefficient (Wildman–Crippen LogP) is 2.54. The molecule has 2 aromatic rings. The molecule has 0 aliphatic heterocycles. The largest absolute Gasteiger partial charge is 0.508 e. The highest BCUT2D eigenvalue weighted by Gasteiger charge is 2.18. The molecule has 5 heteroatoms. The van der Waals surface area contributed by atoms with Gasteiger partial charge in [-0.1, -0.05) is 0 Å². The fraction of sp³-hybridized carbons (Fsp3) is 0.143. The molecular formula is C14H14O4S. The van der Waals surface area contributed by atoms with Crippen LogP contribution in [-0.2, 0) is 9.84 Å². The van der Waals surface area contributed by atoms with Gasteiger partial charge in [0.1, 0.15) is 11.5 Å². The number of phenols is 1. The summed E-state index contributed by atoms with van der Waals surface area (Å²) in [6.07, 6.45) is 0. The smallest absolute Gasteiger partial charge is 0.206 e. The molecule has 0 bridgehead atoms. The minimum atomic E-state index is -3.57. The average molecular weight is 278 g/mol. The van der Waals surface area contributed by atoms with Gasteiger partial charge in [0.2, 0.25) is 9.84 Å². The van der Waals surface area contributed by atoms with Crippen LogP contribution in [0.2, 0.25) is 0 Å². The first-order chi connectivity index (χ1) is 8.95. The minimum Gasteiger partial charge on any atom is -0.508 e. The lowest BCUT2D eigenvalue weighted by Crippen LogP contribution is -2.02. The van der Waals surface area contributed by atoms with E-state index in [0.29, 0.717) is 5.75 Å². The van der Waals surface area contributed by atoms with E-state index in [4.69, 9.17) is 4.74 Å². The molecule has 4 nitrogen and oxygen atoms in total. The third kappa shape index (κ3) is 2.56. The molecule has 0 amide bonds. The molecule has 0 aliphatic carbocycles. The molecule has 0 unspecified atom stereocenters. The Labute approximate surface area is 112 Å². The fourth-order valence-electron chi connectivity index (χ4n) is 1.78. The molecule has 0 radical (unpaired) electrons. The van der Waals surface area contributed by atoms with Crippen molar-refractivity contribution in [2.45, 2.75) is 16.7 Å². The van der Waals surface area contributed by atoms with Crippen LogP contribution in [0.4, 0.5) is 0 Å². The summed E-state index contributed by atoms with van der Waals surface area (Å²) in [5.41, 5.74) is 0.752. The molecule has 0 aliphatic rings. The molecule has 100 valence electrons. The van der Waals surface area contributed by atoms with Crippen LogP contribution in [0.3, 0.4) is 0 Å². The lowest BCUT2D eigenvalue weighted by atomic mass is 10.2. The zero-order valence-electron chi connectivity index (χ0n) is 10.6. The van der Waals surface area contributed by atoms with Crippen LogP contribution >= 0.6 is 0 Å². The summed E-state index contributed by atoms with van der Waals surface area (Å²) in [7, 11) is -2.03. The van der Waals surface area contributed by atoms with Gasteiger partial charge >= 0.3 is 0 Å². The number of ether oxygens (including phenoxy) is 1. The van der Waals surface area contributed by atoms with Crippen molar-refractivity contribution in [1.82, 2.24) is 0 Å². The molecule has 2 rings (SSSR count). The maximum Gasteiger partial charge on any atom is 0.206 e. The summed E-state index contributed by atoms with van der Waals surface area (Å²) in [5, 5.41) is 9.19. The van der Waals surface area contributed by atoms with Gasteiger partial charge in [-0.25, -0.2) is 8.42 Å². The summed E-state index contributed by atoms with van der Waals surface area (Å²) in [4.78, 5) is 0.353. The van der Waals surface area contributed by atoms with E-state index in [-0.39, 0.29) is 15.5 Å². The Morgan fingerprint density at radius 3 is 2.11 bits per heavy atom. The predicted molar refractivity (Wildman–Crippen MR) is 71.3 cm³/mol. The molecular weight excluding hydrogens is 264 g/mol. The molecule has 0 spiro atoms. The van der Waals surface area contributed by atoms with Crippen LogP contribution in [-0.4, -0.2) is 20.6 Å². The topological polar surface area (TPSA) is 63.6 Å². The molecule has 0 heterocycles. The normalized spacial score (nSPS) is 11.3. The number of methoxy groups -OCH3 is 1. The number of rotatable bonds is 3. The number of aryl methyl sites for hydroxylation is 1. The van der Waals surface area contributed by atoms with Crippen molar-refractivity contribution in [3.63, 3.8) is 0 Å². The summed E-state index contributed by atoms with van der Waals surface area (Å²) >= 11 is 0. The average Bonchev–Trinajstić information content (AvgIpc) is 2.39. The Morgan fingerprint density at radius 2 is 1.58 bits per heavy atom. The maximum absolute atomic E-state index is 12.4. The van der Waals surface area contributed by atoms with E-state index in [0.717, 1.165) is 5.56 Å². The van der Waals surface area contributed by atoms with Gasteiger partial charge in [-0.2, -0.15) is 0 Å². The van der Waals surface area contributed by atoms with Gasteiger partial charge in [0, 0.05) is 0 Å². The molecule has 2 aromatic carbocycles. The van der Waals surface area contributed by atoms with Gasteiger partial charge in [0.25, 0.3) is 0 Å². The maximum atomic E-state index is 12.4. The van der Waals surface area contributed by atoms with Crippen LogP contribution in [0, 0.1) is 6.92 Å². The van der Waals surface area contributed by atoms with E-state index in [2.05, 4.69) is 0 Å². The standard InChI is InChI=1S/C14H14O4S/c1-10-9-13(7-8-14(10)18-2)19(16,17)12-5-3-11(15)4-6-12/h3-9,15H,1-2H3. The van der Waals surface area contributed by atoms with E-state index < -0.39 is 9.84 Å². The second kappa shape index (κ2) is 4.93. The Balaban J connectivity index is 2.50. The number of hydrogen-bond donors (Lipinski definition) is 1. The number of hydrogen-bond acceptors (Lipinski definition) is 4. The highest BCUT2D eigenvalue weighted by molar-refractivity contribution is 7.91. The Kier molecular flexibility index (Phi) is 3.48. The zero-order valence-corrected chi connectivity index (χ0v) is 11.4. The number of aromatic hydroxyl groups is 1. The molecule has 0 aromatic heterocycles. The van der Waals surface area contributed by atoms with Gasteiger partial charge in [0.15, 0.2) is 0 Å². The van der Waals surface area contributed by atoms with E-state index in [1.807, 2.05) is 0 Å². The summed E-state index contributed by atoms with van der Waals surface area (Å²) < 4.78 is 29.9. The summed E-state index contributed by atoms with van der Waals surface area (Å²) in [6.45, 7) is 1.79. The van der Waals surface area contributed by atoms with Crippen LogP contribution in [0.15, 0.2) is 52.3 Å². The van der Waals surface area contributed by atoms with Gasteiger partial charge in [-0.15, -0.1) is 0 Å². The minimum absolute atomic E-state index is 0.0323. The summed E-state index contributed by atoms with van der Waals surface area (Å²) in [5.74, 6) is 0.675. The molecule has 0 saturated carbocycles. The Hall–Kier alpha value is -2.01. The first-order valence-corrected chi connectivity index (χ1v) is 7.12. The zero-order chi connectivity index (χ0) is 14.0. The van der Waals surface area contributed by atoms with Crippen molar-refractivity contribution >= 4 is 9.84 Å². The molecule has 0 fully saturated rings. The van der Waals surface area contributed by atoms with Crippen LogP contribution < -0.4 is 4.74 Å². The van der Waals surface area contributed by atoms with Crippen LogP contribution in [0.5, 0.6) is 11.5 Å². The molecule has 0 saturated heterocycles. The molecule has 1 N–H and O–H groups in total. The highest BCUT2D eigenvalue weighted by atomic mass is 32.2. The van der Waals surface area contributed by atoms with Crippen molar-refractivity contribution in [3.05, 3.63) is 48.0 Å². The first-order valence-electron chi connectivity index (χ1n) is 5.64. The lowest BCUT2D eigenvalue weighted by Gasteiger charge is -2.08. The third-order valence-electron chi connectivity index (χ3n) is 2.82. The van der Waals surface area contributed by atoms with Crippen molar-refractivity contribution in [3.8, 4) is 11.5 Å². The number of benzene rings is 2. The SMILES string of the molecule is COc1ccc(S(=O)(=O)c2ccc(O)cc2)cc1C. The first kappa shape index (κ1) is 13.4. The van der Waals surface area contributed by atoms with Crippen LogP contribution in [0.1, 0.15) is 5.56 Å². The van der Waals surface area contributed by atoms with Gasteiger partial charge in [-0.05, 0) is 55.0 Å². The van der Waals surface area contributed by atoms with Crippen LogP contribution in [0.25, 0.3) is 0 Å². The second-order valence-corrected chi connectivity index (χ2v) is 6.08.